The highest BCUT2D eigenvalue weighted by Crippen LogP contribution is 2.40. The Bertz CT molecular complexity index is 1580. The van der Waals surface area contributed by atoms with Gasteiger partial charge >= 0.3 is 5.97 Å². The first kappa shape index (κ1) is 21.7. The highest BCUT2D eigenvalue weighted by Gasteiger charge is 2.40. The second-order valence-electron chi connectivity index (χ2n) is 9.52. The first-order chi connectivity index (χ1) is 16.9. The number of hydrogen-bond donors (Lipinski definition) is 1. The maximum absolute atomic E-state index is 13.7. The Kier molecular flexibility index (Phi) is 4.86. The van der Waals surface area contributed by atoms with E-state index in [4.69, 9.17) is 9.72 Å². The topological polar surface area (TPSA) is 85.3 Å². The Morgan fingerprint density at radius 2 is 1.94 bits per heavy atom. The predicted molar refractivity (Wildman–Crippen MR) is 130 cm³/mol. The zero-order chi connectivity index (χ0) is 24.3. The Morgan fingerprint density at radius 3 is 2.71 bits per heavy atom. The van der Waals surface area contributed by atoms with Crippen LogP contribution in [0, 0.1) is 6.92 Å². The van der Waals surface area contributed by atoms with Crippen LogP contribution >= 0.6 is 0 Å². The average molecular weight is 469 g/mol. The van der Waals surface area contributed by atoms with Crippen molar-refractivity contribution in [1.29, 1.82) is 0 Å². The van der Waals surface area contributed by atoms with E-state index in [9.17, 15) is 14.7 Å². The predicted octanol–water partition coefficient (Wildman–Crippen LogP) is 3.11. The van der Waals surface area contributed by atoms with Crippen LogP contribution in [0.4, 0.5) is 0 Å². The Labute approximate surface area is 202 Å². The number of fused-ring (bicyclic) bond motifs is 5. The third kappa shape index (κ3) is 3.38. The van der Waals surface area contributed by atoms with Gasteiger partial charge in [0.05, 0.1) is 35.4 Å². The molecule has 0 aliphatic carbocycles. The van der Waals surface area contributed by atoms with Gasteiger partial charge in [-0.2, -0.15) is 0 Å². The van der Waals surface area contributed by atoms with Crippen LogP contribution in [0.2, 0.25) is 0 Å². The minimum atomic E-state index is -1.45. The number of cyclic esters (lactones) is 1. The van der Waals surface area contributed by atoms with Crippen LogP contribution in [-0.2, 0) is 34.8 Å². The van der Waals surface area contributed by atoms with E-state index in [1.807, 2.05) is 50.5 Å². The number of pyridine rings is 3. The highest BCUT2D eigenvalue weighted by atomic mass is 16.5. The molecule has 3 aromatic heterocycles. The number of aliphatic hydroxyl groups is 1. The molecule has 1 N–H and O–H groups in total. The number of aromatic nitrogens is 3. The van der Waals surface area contributed by atoms with Crippen LogP contribution in [0.15, 0.2) is 59.7 Å². The van der Waals surface area contributed by atoms with Crippen molar-refractivity contribution in [3.8, 4) is 11.4 Å². The van der Waals surface area contributed by atoms with Gasteiger partial charge in [0.2, 0.25) is 0 Å². The van der Waals surface area contributed by atoms with E-state index in [0.717, 1.165) is 33.3 Å². The summed E-state index contributed by atoms with van der Waals surface area (Å²) in [6.45, 7) is 4.74. The van der Waals surface area contributed by atoms with Crippen LogP contribution in [0.3, 0.4) is 0 Å². The molecular formula is C28H26N3O4+. The molecule has 2 aliphatic rings. The molecule has 0 fully saturated rings. The lowest BCUT2D eigenvalue weighted by atomic mass is 9.85. The zero-order valence-corrected chi connectivity index (χ0v) is 19.7. The van der Waals surface area contributed by atoms with Crippen LogP contribution in [0.25, 0.3) is 22.3 Å². The molecule has 1 atom stereocenters. The summed E-state index contributed by atoms with van der Waals surface area (Å²) in [5.74, 6) is -0.503. The summed E-state index contributed by atoms with van der Waals surface area (Å²) in [5.41, 5.74) is 4.66. The molecule has 0 saturated carbocycles. The number of rotatable bonds is 3. The van der Waals surface area contributed by atoms with Crippen molar-refractivity contribution < 1.29 is 19.2 Å². The molecule has 0 bridgehead atoms. The molecule has 1 unspecified atom stereocenters. The van der Waals surface area contributed by atoms with Crippen molar-refractivity contribution in [2.45, 2.75) is 52.0 Å². The molecule has 0 spiro atoms. The quantitative estimate of drug-likeness (QED) is 0.325. The van der Waals surface area contributed by atoms with Gasteiger partial charge in [0.25, 0.3) is 5.56 Å². The summed E-state index contributed by atoms with van der Waals surface area (Å²) < 4.78 is 9.11. The molecule has 2 aliphatic heterocycles. The Morgan fingerprint density at radius 1 is 1.14 bits per heavy atom. The summed E-state index contributed by atoms with van der Waals surface area (Å²) in [4.78, 5) is 30.9. The van der Waals surface area contributed by atoms with Gasteiger partial charge in [0, 0.05) is 28.6 Å². The smallest absolute Gasteiger partial charge is 0.309 e. The SMILES string of the molecule is CCC1(O)CC(=O)OCc2c1cc1n(c2=O)Cc2c-1nc1cc(C)ccc1c2C[n+]1ccccc1. The van der Waals surface area contributed by atoms with Crippen LogP contribution < -0.4 is 10.1 Å². The monoisotopic (exact) mass is 468 g/mol. The van der Waals surface area contributed by atoms with E-state index >= 15 is 0 Å². The number of aryl methyl sites for hydroxylation is 1. The van der Waals surface area contributed by atoms with Crippen molar-refractivity contribution in [2.24, 2.45) is 0 Å². The molecular weight excluding hydrogens is 442 g/mol. The Balaban J connectivity index is 1.62. The molecule has 35 heavy (non-hydrogen) atoms. The van der Waals surface area contributed by atoms with Crippen molar-refractivity contribution in [3.63, 3.8) is 0 Å². The summed E-state index contributed by atoms with van der Waals surface area (Å²) in [7, 11) is 0. The second kappa shape index (κ2) is 7.85. The van der Waals surface area contributed by atoms with E-state index in [1.165, 1.54) is 0 Å². The Hall–Kier alpha value is -3.84. The molecule has 6 rings (SSSR count). The standard InChI is InChI=1S/C28H26N3O4/c1-3-28(34)13-25(32)35-16-21-22(28)12-24-26-20(15-31(24)27(21)33)19(14-30-9-5-4-6-10-30)18-8-7-17(2)11-23(18)29-26/h4-12,34H,3,13-16H2,1-2H3/q+1. The zero-order valence-electron chi connectivity index (χ0n) is 19.7. The largest absolute Gasteiger partial charge is 0.460 e. The number of carbonyl (C=O) groups excluding carboxylic acids is 1. The lowest BCUT2D eigenvalue weighted by Gasteiger charge is -2.26. The molecule has 7 nitrogen and oxygen atoms in total. The molecule has 0 radical (unpaired) electrons. The maximum Gasteiger partial charge on any atom is 0.309 e. The van der Waals surface area contributed by atoms with Gasteiger partial charge in [0.15, 0.2) is 18.9 Å². The first-order valence-electron chi connectivity index (χ1n) is 11.9. The number of carbonyl (C=O) groups is 1. The lowest BCUT2D eigenvalue weighted by molar-refractivity contribution is -0.688. The van der Waals surface area contributed by atoms with Crippen molar-refractivity contribution in [1.82, 2.24) is 9.55 Å². The van der Waals surface area contributed by atoms with E-state index in [2.05, 4.69) is 22.8 Å². The van der Waals surface area contributed by atoms with E-state index in [-0.39, 0.29) is 18.6 Å². The minimum absolute atomic E-state index is 0.132. The van der Waals surface area contributed by atoms with E-state index in [0.29, 0.717) is 36.3 Å². The number of ether oxygens (including phenoxy) is 1. The molecule has 1 aromatic carbocycles. The summed E-state index contributed by atoms with van der Waals surface area (Å²) >= 11 is 0. The van der Waals surface area contributed by atoms with Gasteiger partial charge < -0.3 is 14.4 Å². The third-order valence-electron chi connectivity index (χ3n) is 7.34. The fraction of sp³-hybridized carbons (Fsp3) is 0.286. The van der Waals surface area contributed by atoms with Gasteiger partial charge in [-0.1, -0.05) is 25.1 Å². The fourth-order valence-electron chi connectivity index (χ4n) is 5.38. The molecule has 7 heteroatoms. The molecule has 0 saturated heterocycles. The minimum Gasteiger partial charge on any atom is -0.460 e. The number of esters is 1. The number of benzene rings is 1. The van der Waals surface area contributed by atoms with Gasteiger partial charge in [-0.15, -0.1) is 0 Å². The van der Waals surface area contributed by atoms with E-state index in [1.54, 1.807) is 4.57 Å². The molecule has 5 heterocycles. The summed E-state index contributed by atoms with van der Waals surface area (Å²) in [6.07, 6.45) is 4.18. The van der Waals surface area contributed by atoms with Gasteiger partial charge in [0.1, 0.15) is 12.2 Å². The first-order valence-corrected chi connectivity index (χ1v) is 11.9. The number of nitrogens with zero attached hydrogens (tertiary/aromatic N) is 3. The van der Waals surface area contributed by atoms with E-state index < -0.39 is 11.6 Å². The lowest BCUT2D eigenvalue weighted by Crippen LogP contribution is -2.34. The summed E-state index contributed by atoms with van der Waals surface area (Å²) in [6, 6.07) is 14.1. The summed E-state index contributed by atoms with van der Waals surface area (Å²) in [5, 5.41) is 12.4. The maximum atomic E-state index is 13.7. The van der Waals surface area contributed by atoms with Crippen molar-refractivity contribution in [3.05, 3.63) is 93.0 Å². The normalized spacial score (nSPS) is 18.5. The third-order valence-corrected chi connectivity index (χ3v) is 7.34. The fourth-order valence-corrected chi connectivity index (χ4v) is 5.38. The van der Waals surface area contributed by atoms with Crippen LogP contribution in [-0.4, -0.2) is 20.6 Å². The molecule has 0 amide bonds. The van der Waals surface area contributed by atoms with Crippen LogP contribution in [0.5, 0.6) is 0 Å². The van der Waals surface area contributed by atoms with Crippen LogP contribution in [0.1, 0.15) is 47.6 Å². The highest BCUT2D eigenvalue weighted by molar-refractivity contribution is 5.88. The molecule has 176 valence electrons. The van der Waals surface area contributed by atoms with Crippen molar-refractivity contribution >= 4 is 16.9 Å². The van der Waals surface area contributed by atoms with Gasteiger partial charge in [-0.25, -0.2) is 9.55 Å². The molecule has 4 aromatic rings. The van der Waals surface area contributed by atoms with Gasteiger partial charge in [-0.05, 0) is 36.6 Å². The van der Waals surface area contributed by atoms with Gasteiger partial charge in [-0.3, -0.25) is 9.59 Å². The van der Waals surface area contributed by atoms with Crippen molar-refractivity contribution in [2.75, 3.05) is 0 Å². The number of hydrogen-bond acceptors (Lipinski definition) is 5. The second-order valence-corrected chi connectivity index (χ2v) is 9.52. The average Bonchev–Trinajstić information content (AvgIpc) is 3.16.